The minimum Gasteiger partial charge on any atom is -0.345 e. The van der Waals surface area contributed by atoms with Crippen LogP contribution in [0.15, 0.2) is 24.3 Å². The molecule has 1 aromatic carbocycles. The van der Waals surface area contributed by atoms with Gasteiger partial charge >= 0.3 is 11.8 Å². The number of aryl methyl sites for hydroxylation is 1. The number of rotatable bonds is 3. The Hall–Kier alpha value is -2.15. The lowest BCUT2D eigenvalue weighted by molar-refractivity contribution is -0.139. The van der Waals surface area contributed by atoms with Gasteiger partial charge in [-0.1, -0.05) is 19.1 Å². The van der Waals surface area contributed by atoms with Crippen LogP contribution in [0.3, 0.4) is 0 Å². The van der Waals surface area contributed by atoms with Crippen molar-refractivity contribution < 1.29 is 9.59 Å². The zero-order valence-electron chi connectivity index (χ0n) is 11.7. The molecule has 0 aromatic heterocycles. The minimum absolute atomic E-state index is 0.144. The third kappa shape index (κ3) is 5.03. The molecule has 1 aromatic rings. The number of amides is 2. The number of nitrogens with one attached hydrogen (secondary N) is 4. The molecule has 7 heteroatoms. The Morgan fingerprint density at radius 1 is 1.24 bits per heavy atom. The Morgan fingerprint density at radius 3 is 2.67 bits per heavy atom. The van der Waals surface area contributed by atoms with Crippen LogP contribution in [0.1, 0.15) is 25.3 Å². The number of hydrogen-bond acceptors (Lipinski definition) is 3. The van der Waals surface area contributed by atoms with Gasteiger partial charge in [0.1, 0.15) is 0 Å². The van der Waals surface area contributed by atoms with E-state index < -0.39 is 11.8 Å². The van der Waals surface area contributed by atoms with Gasteiger partial charge in [-0.3, -0.25) is 20.4 Å². The first kappa shape index (κ1) is 15.2. The Kier molecular flexibility index (Phi) is 5.10. The standard InChI is InChI=1S/C14H18N4O2S/c1-2-9-4-3-5-11(8-9)16-14(21)18-17-13(20)12(19)15-10-6-7-10/h3-5,8,10H,2,6-7H2,1H3,(H,15,19)(H,17,20)(H2,16,18,21). The van der Waals surface area contributed by atoms with Crippen molar-refractivity contribution in [3.8, 4) is 0 Å². The molecule has 1 fully saturated rings. The van der Waals surface area contributed by atoms with Gasteiger partial charge in [0.15, 0.2) is 5.11 Å². The number of carbonyl (C=O) groups is 2. The molecule has 0 unspecified atom stereocenters. The third-order valence-electron chi connectivity index (χ3n) is 3.00. The van der Waals surface area contributed by atoms with E-state index in [1.54, 1.807) is 0 Å². The predicted octanol–water partition coefficient (Wildman–Crippen LogP) is 0.845. The lowest BCUT2D eigenvalue weighted by atomic mass is 10.1. The van der Waals surface area contributed by atoms with Crippen LogP contribution >= 0.6 is 12.2 Å². The molecule has 112 valence electrons. The van der Waals surface area contributed by atoms with Gasteiger partial charge in [-0.15, -0.1) is 0 Å². The van der Waals surface area contributed by atoms with Crippen molar-refractivity contribution in [2.75, 3.05) is 5.32 Å². The van der Waals surface area contributed by atoms with E-state index in [1.165, 1.54) is 5.56 Å². The summed E-state index contributed by atoms with van der Waals surface area (Å²) in [7, 11) is 0. The number of carbonyl (C=O) groups excluding carboxylic acids is 2. The van der Waals surface area contributed by atoms with Crippen molar-refractivity contribution in [2.24, 2.45) is 0 Å². The molecule has 2 rings (SSSR count). The highest BCUT2D eigenvalue weighted by Crippen LogP contribution is 2.18. The highest BCUT2D eigenvalue weighted by molar-refractivity contribution is 7.80. The van der Waals surface area contributed by atoms with Gasteiger partial charge in [0, 0.05) is 11.7 Å². The number of benzene rings is 1. The molecule has 6 nitrogen and oxygen atoms in total. The molecule has 2 amide bonds. The van der Waals surface area contributed by atoms with Crippen LogP contribution < -0.4 is 21.5 Å². The maximum Gasteiger partial charge on any atom is 0.327 e. The van der Waals surface area contributed by atoms with Crippen molar-refractivity contribution in [3.63, 3.8) is 0 Å². The van der Waals surface area contributed by atoms with Crippen molar-refractivity contribution >= 4 is 34.8 Å². The van der Waals surface area contributed by atoms with Gasteiger partial charge < -0.3 is 10.6 Å². The lowest BCUT2D eigenvalue weighted by Crippen LogP contribution is -2.50. The molecule has 1 saturated carbocycles. The minimum atomic E-state index is -0.756. The average molecular weight is 306 g/mol. The SMILES string of the molecule is CCc1cccc(NC(=S)NNC(=O)C(=O)NC2CC2)c1. The van der Waals surface area contributed by atoms with Gasteiger partial charge in [0.05, 0.1) is 0 Å². The maximum absolute atomic E-state index is 11.5. The van der Waals surface area contributed by atoms with Crippen molar-refractivity contribution in [1.29, 1.82) is 0 Å². The second kappa shape index (κ2) is 7.03. The summed E-state index contributed by atoms with van der Waals surface area (Å²) in [5.74, 6) is -1.41. The first-order valence-electron chi connectivity index (χ1n) is 6.85. The monoisotopic (exact) mass is 306 g/mol. The van der Waals surface area contributed by atoms with Crippen molar-refractivity contribution in [3.05, 3.63) is 29.8 Å². The molecule has 1 aliphatic rings. The summed E-state index contributed by atoms with van der Waals surface area (Å²) in [6.07, 6.45) is 2.79. The third-order valence-corrected chi connectivity index (χ3v) is 3.21. The zero-order chi connectivity index (χ0) is 15.2. The van der Waals surface area contributed by atoms with Crippen LogP contribution in [0.5, 0.6) is 0 Å². The quantitative estimate of drug-likeness (QED) is 0.378. The summed E-state index contributed by atoms with van der Waals surface area (Å²) in [5, 5.41) is 5.74. The van der Waals surface area contributed by atoms with Crippen molar-refractivity contribution in [1.82, 2.24) is 16.2 Å². The molecule has 0 bridgehead atoms. The lowest BCUT2D eigenvalue weighted by Gasteiger charge is -2.12. The molecule has 0 radical (unpaired) electrons. The van der Waals surface area contributed by atoms with Crippen LogP contribution in [0, 0.1) is 0 Å². The molecule has 0 aliphatic heterocycles. The second-order valence-corrected chi connectivity index (χ2v) is 5.24. The molecule has 0 saturated heterocycles. The Morgan fingerprint density at radius 2 is 2.00 bits per heavy atom. The van der Waals surface area contributed by atoms with Crippen LogP contribution in [0.2, 0.25) is 0 Å². The summed E-state index contributed by atoms with van der Waals surface area (Å²) in [4.78, 5) is 22.9. The molecule has 21 heavy (non-hydrogen) atoms. The summed E-state index contributed by atoms with van der Waals surface area (Å²) >= 11 is 5.05. The largest absolute Gasteiger partial charge is 0.345 e. The fraction of sp³-hybridized carbons (Fsp3) is 0.357. The van der Waals surface area contributed by atoms with Crippen LogP contribution in [-0.2, 0) is 16.0 Å². The highest BCUT2D eigenvalue weighted by atomic mass is 32.1. The van der Waals surface area contributed by atoms with E-state index in [0.29, 0.717) is 0 Å². The van der Waals surface area contributed by atoms with E-state index in [2.05, 4.69) is 28.4 Å². The van der Waals surface area contributed by atoms with Gasteiger partial charge in [-0.05, 0) is 49.2 Å². The summed E-state index contributed by atoms with van der Waals surface area (Å²) < 4.78 is 0. The number of hydrazine groups is 1. The first-order valence-corrected chi connectivity index (χ1v) is 7.26. The maximum atomic E-state index is 11.5. The first-order chi connectivity index (χ1) is 10.1. The summed E-state index contributed by atoms with van der Waals surface area (Å²) in [5.41, 5.74) is 6.76. The average Bonchev–Trinajstić information content (AvgIpc) is 3.28. The van der Waals surface area contributed by atoms with Gasteiger partial charge in [0.2, 0.25) is 0 Å². The van der Waals surface area contributed by atoms with Crippen LogP contribution in [0.4, 0.5) is 5.69 Å². The molecule has 4 N–H and O–H groups in total. The molecule has 0 heterocycles. The molecule has 0 atom stereocenters. The van der Waals surface area contributed by atoms with Crippen molar-refractivity contribution in [2.45, 2.75) is 32.2 Å². The second-order valence-electron chi connectivity index (χ2n) is 4.83. The number of anilines is 1. The zero-order valence-corrected chi connectivity index (χ0v) is 12.5. The molecule has 0 spiro atoms. The topological polar surface area (TPSA) is 82.3 Å². The number of hydrogen-bond donors (Lipinski definition) is 4. The Balaban J connectivity index is 1.75. The summed E-state index contributed by atoms with van der Waals surface area (Å²) in [6.45, 7) is 2.06. The van der Waals surface area contributed by atoms with E-state index in [4.69, 9.17) is 12.2 Å². The fourth-order valence-corrected chi connectivity index (χ4v) is 1.85. The van der Waals surface area contributed by atoms with Crippen LogP contribution in [-0.4, -0.2) is 23.0 Å². The molecular weight excluding hydrogens is 288 g/mol. The van der Waals surface area contributed by atoms with E-state index in [1.807, 2.05) is 24.3 Å². The fourth-order valence-electron chi connectivity index (χ4n) is 1.68. The highest BCUT2D eigenvalue weighted by Gasteiger charge is 2.26. The van der Waals surface area contributed by atoms with Gasteiger partial charge in [0.25, 0.3) is 0 Å². The summed E-state index contributed by atoms with van der Waals surface area (Å²) in [6, 6.07) is 7.92. The molecule has 1 aliphatic carbocycles. The van der Waals surface area contributed by atoms with Crippen LogP contribution in [0.25, 0.3) is 0 Å². The van der Waals surface area contributed by atoms with Gasteiger partial charge in [-0.25, -0.2) is 0 Å². The Bertz CT molecular complexity index is 558. The molecular formula is C14H18N4O2S. The smallest absolute Gasteiger partial charge is 0.327 e. The van der Waals surface area contributed by atoms with E-state index in [-0.39, 0.29) is 11.2 Å². The van der Waals surface area contributed by atoms with E-state index in [0.717, 1.165) is 24.9 Å². The normalized spacial score (nSPS) is 13.2. The number of thiocarbonyl (C=S) groups is 1. The van der Waals surface area contributed by atoms with E-state index >= 15 is 0 Å². The predicted molar refractivity (Wildman–Crippen MR) is 84.5 cm³/mol. The van der Waals surface area contributed by atoms with E-state index in [9.17, 15) is 9.59 Å². The Labute approximate surface area is 128 Å². The van der Waals surface area contributed by atoms with Gasteiger partial charge in [-0.2, -0.15) is 0 Å².